The Balaban J connectivity index is 0.000000181. The standard InChI is InChI=1S/C23H28N2O3.C19H22N2O3/c1-24-23(26)18-7-9-21(22(15-18)27-2)28-20-8-6-16-10-12-25(19-4-3-5-19)13-11-17(16)14-20;1-20-19(22)15-4-6-17(18(12-15)23-2)24-16-5-3-13-7-9-21-10-8-14(13)11-16/h6-9,14-15,19H,3-5,10-13H2,1-2H3,(H,24,26);3-6,11-12,21H,7-10H2,1-2H3,(H,20,22). The molecule has 1 aliphatic carbocycles. The van der Waals surface area contributed by atoms with Crippen molar-refractivity contribution in [1.29, 1.82) is 0 Å². The zero-order valence-electron chi connectivity index (χ0n) is 30.7. The first-order chi connectivity index (χ1) is 25.4. The third-order valence-electron chi connectivity index (χ3n) is 10.2. The molecule has 0 aromatic heterocycles. The van der Waals surface area contributed by atoms with Crippen LogP contribution in [0.4, 0.5) is 0 Å². The van der Waals surface area contributed by atoms with Crippen molar-refractivity contribution in [3.05, 3.63) is 106 Å². The van der Waals surface area contributed by atoms with Crippen molar-refractivity contribution in [3.63, 3.8) is 0 Å². The first-order valence-electron chi connectivity index (χ1n) is 18.2. The third-order valence-corrected chi connectivity index (χ3v) is 10.2. The molecule has 2 amide bonds. The molecule has 274 valence electrons. The molecule has 1 saturated carbocycles. The maximum absolute atomic E-state index is 11.8. The highest BCUT2D eigenvalue weighted by atomic mass is 16.5. The molecule has 3 aliphatic rings. The molecule has 10 heteroatoms. The molecule has 2 aliphatic heterocycles. The fourth-order valence-electron chi connectivity index (χ4n) is 6.94. The molecular weight excluding hydrogens is 656 g/mol. The van der Waals surface area contributed by atoms with Crippen LogP contribution in [0.15, 0.2) is 72.8 Å². The van der Waals surface area contributed by atoms with E-state index in [9.17, 15) is 9.59 Å². The lowest BCUT2D eigenvalue weighted by molar-refractivity contribution is 0.0954. The van der Waals surface area contributed by atoms with E-state index in [1.807, 2.05) is 12.1 Å². The normalized spacial score (nSPS) is 15.5. The van der Waals surface area contributed by atoms with Gasteiger partial charge >= 0.3 is 0 Å². The summed E-state index contributed by atoms with van der Waals surface area (Å²) in [5.41, 5.74) is 6.57. The molecule has 7 rings (SSSR count). The van der Waals surface area contributed by atoms with Crippen LogP contribution in [0, 0.1) is 0 Å². The maximum Gasteiger partial charge on any atom is 0.251 e. The number of methoxy groups -OCH3 is 2. The van der Waals surface area contributed by atoms with Crippen LogP contribution in [0.1, 0.15) is 62.2 Å². The highest BCUT2D eigenvalue weighted by molar-refractivity contribution is 5.95. The number of carbonyl (C=O) groups excluding carboxylic acids is 2. The Morgan fingerprint density at radius 3 is 1.58 bits per heavy atom. The summed E-state index contributed by atoms with van der Waals surface area (Å²) >= 11 is 0. The van der Waals surface area contributed by atoms with E-state index in [-0.39, 0.29) is 11.8 Å². The molecule has 10 nitrogen and oxygen atoms in total. The van der Waals surface area contributed by atoms with Gasteiger partial charge in [0.1, 0.15) is 11.5 Å². The van der Waals surface area contributed by atoms with E-state index in [2.05, 4.69) is 45.1 Å². The molecular formula is C42H50N4O6. The van der Waals surface area contributed by atoms with E-state index in [1.54, 1.807) is 64.7 Å². The highest BCUT2D eigenvalue weighted by Gasteiger charge is 2.26. The second kappa shape index (κ2) is 17.4. The second-order valence-corrected chi connectivity index (χ2v) is 13.3. The van der Waals surface area contributed by atoms with Crippen LogP contribution in [0.25, 0.3) is 0 Å². The van der Waals surface area contributed by atoms with Crippen LogP contribution >= 0.6 is 0 Å². The minimum absolute atomic E-state index is 0.147. The highest BCUT2D eigenvalue weighted by Crippen LogP contribution is 2.35. The fraction of sp³-hybridized carbons (Fsp3) is 0.381. The van der Waals surface area contributed by atoms with Crippen LogP contribution in [0.2, 0.25) is 0 Å². The Bertz CT molecular complexity index is 1870. The van der Waals surface area contributed by atoms with Gasteiger partial charge in [0.2, 0.25) is 0 Å². The Morgan fingerprint density at radius 2 is 1.10 bits per heavy atom. The van der Waals surface area contributed by atoms with Crippen molar-refractivity contribution in [2.24, 2.45) is 0 Å². The number of ether oxygens (including phenoxy) is 4. The van der Waals surface area contributed by atoms with Gasteiger partial charge < -0.3 is 34.9 Å². The Labute approximate surface area is 306 Å². The molecule has 0 spiro atoms. The molecule has 52 heavy (non-hydrogen) atoms. The number of benzene rings is 4. The van der Waals surface area contributed by atoms with Crippen LogP contribution in [0.3, 0.4) is 0 Å². The van der Waals surface area contributed by atoms with Crippen LogP contribution in [0.5, 0.6) is 34.5 Å². The summed E-state index contributed by atoms with van der Waals surface area (Å²) in [5, 5.41) is 8.63. The molecule has 0 bridgehead atoms. The summed E-state index contributed by atoms with van der Waals surface area (Å²) in [4.78, 5) is 26.2. The summed E-state index contributed by atoms with van der Waals surface area (Å²) in [6.45, 7) is 4.29. The summed E-state index contributed by atoms with van der Waals surface area (Å²) in [5.74, 6) is 3.57. The maximum atomic E-state index is 11.8. The van der Waals surface area contributed by atoms with E-state index in [1.165, 1.54) is 41.5 Å². The molecule has 0 atom stereocenters. The van der Waals surface area contributed by atoms with Gasteiger partial charge in [0.15, 0.2) is 23.0 Å². The fourth-order valence-corrected chi connectivity index (χ4v) is 6.94. The van der Waals surface area contributed by atoms with E-state index in [0.717, 1.165) is 69.4 Å². The Morgan fingerprint density at radius 1 is 0.615 bits per heavy atom. The average molecular weight is 707 g/mol. The topological polar surface area (TPSA) is 110 Å². The van der Waals surface area contributed by atoms with E-state index in [4.69, 9.17) is 18.9 Å². The van der Waals surface area contributed by atoms with E-state index in [0.29, 0.717) is 34.1 Å². The van der Waals surface area contributed by atoms with Gasteiger partial charge in [-0.2, -0.15) is 0 Å². The molecule has 0 unspecified atom stereocenters. The minimum atomic E-state index is -0.155. The SMILES string of the molecule is CNC(=O)c1ccc(Oc2ccc3c(c2)CCN(C2CCC2)CC3)c(OC)c1.CNC(=O)c1ccc(Oc2ccc3c(c2)CCNCC3)c(OC)c1. The quantitative estimate of drug-likeness (QED) is 0.185. The number of rotatable bonds is 9. The predicted molar refractivity (Wildman–Crippen MR) is 203 cm³/mol. The average Bonchev–Trinajstić information content (AvgIpc) is 3.52. The number of amides is 2. The van der Waals surface area contributed by atoms with Gasteiger partial charge in [0.25, 0.3) is 11.8 Å². The van der Waals surface area contributed by atoms with Crippen molar-refractivity contribution < 1.29 is 28.5 Å². The van der Waals surface area contributed by atoms with Gasteiger partial charge in [-0.1, -0.05) is 18.6 Å². The third kappa shape index (κ3) is 8.86. The molecule has 1 fully saturated rings. The van der Waals surface area contributed by atoms with Gasteiger partial charge in [-0.15, -0.1) is 0 Å². The zero-order chi connectivity index (χ0) is 36.5. The number of hydrogen-bond acceptors (Lipinski definition) is 8. The molecule has 0 radical (unpaired) electrons. The zero-order valence-corrected chi connectivity index (χ0v) is 30.7. The van der Waals surface area contributed by atoms with Crippen LogP contribution < -0.4 is 34.9 Å². The van der Waals surface area contributed by atoms with Gasteiger partial charge in [-0.25, -0.2) is 0 Å². The van der Waals surface area contributed by atoms with Gasteiger partial charge in [-0.3, -0.25) is 14.5 Å². The number of nitrogens with zero attached hydrogens (tertiary/aromatic N) is 1. The summed E-state index contributed by atoms with van der Waals surface area (Å²) in [6, 6.07) is 23.8. The number of hydrogen-bond donors (Lipinski definition) is 3. The Hall–Kier alpha value is -5.06. The van der Waals surface area contributed by atoms with Crippen molar-refractivity contribution >= 4 is 11.8 Å². The molecule has 3 N–H and O–H groups in total. The monoisotopic (exact) mass is 706 g/mol. The lowest BCUT2D eigenvalue weighted by atomic mass is 9.91. The van der Waals surface area contributed by atoms with Crippen molar-refractivity contribution in [1.82, 2.24) is 20.9 Å². The first-order valence-corrected chi connectivity index (χ1v) is 18.2. The molecule has 4 aromatic rings. The Kier molecular flexibility index (Phi) is 12.3. The molecule has 2 heterocycles. The van der Waals surface area contributed by atoms with Crippen LogP contribution in [-0.4, -0.2) is 77.3 Å². The first kappa shape index (κ1) is 36.7. The van der Waals surface area contributed by atoms with Crippen LogP contribution in [-0.2, 0) is 25.7 Å². The minimum Gasteiger partial charge on any atom is -0.493 e. The second-order valence-electron chi connectivity index (χ2n) is 13.3. The summed E-state index contributed by atoms with van der Waals surface area (Å²) < 4.78 is 22.9. The van der Waals surface area contributed by atoms with E-state index < -0.39 is 0 Å². The largest absolute Gasteiger partial charge is 0.493 e. The summed E-state index contributed by atoms with van der Waals surface area (Å²) in [6.07, 6.45) is 8.31. The van der Waals surface area contributed by atoms with E-state index >= 15 is 0 Å². The number of fused-ring (bicyclic) bond motifs is 2. The van der Waals surface area contributed by atoms with Crippen molar-refractivity contribution in [2.45, 2.75) is 51.0 Å². The van der Waals surface area contributed by atoms with Crippen molar-refractivity contribution in [3.8, 4) is 34.5 Å². The number of carbonyl (C=O) groups is 2. The molecule has 0 saturated heterocycles. The predicted octanol–water partition coefficient (Wildman–Crippen LogP) is 6.34. The smallest absolute Gasteiger partial charge is 0.251 e. The molecule has 4 aromatic carbocycles. The van der Waals surface area contributed by atoms with Crippen molar-refractivity contribution in [2.75, 3.05) is 54.5 Å². The van der Waals surface area contributed by atoms with Gasteiger partial charge in [0.05, 0.1) is 14.2 Å². The van der Waals surface area contributed by atoms with Gasteiger partial charge in [0, 0.05) is 44.4 Å². The lowest BCUT2D eigenvalue weighted by Crippen LogP contribution is -2.41. The summed E-state index contributed by atoms with van der Waals surface area (Å²) in [7, 11) is 6.37. The lowest BCUT2D eigenvalue weighted by Gasteiger charge is -2.36. The number of nitrogens with one attached hydrogen (secondary N) is 3. The van der Waals surface area contributed by atoms with Gasteiger partial charge in [-0.05, 0) is 135 Å².